The fraction of sp³-hybridized carbons (Fsp3) is 0.733. The molecule has 0 bridgehead atoms. The maximum atomic E-state index is 3.75. The molecule has 17 heavy (non-hydrogen) atoms. The lowest BCUT2D eigenvalue weighted by molar-refractivity contribution is 0.217. The van der Waals surface area contributed by atoms with Gasteiger partial charge in [0.15, 0.2) is 0 Å². The molecule has 1 aromatic heterocycles. The van der Waals surface area contributed by atoms with Gasteiger partial charge in [-0.15, -0.1) is 11.3 Å². The first-order valence-corrected chi connectivity index (χ1v) is 8.04. The van der Waals surface area contributed by atoms with Crippen molar-refractivity contribution in [2.75, 3.05) is 6.54 Å². The molecule has 0 saturated heterocycles. The Morgan fingerprint density at radius 2 is 2.35 bits per heavy atom. The number of rotatable bonds is 8. The summed E-state index contributed by atoms with van der Waals surface area (Å²) >= 11 is 1.90. The van der Waals surface area contributed by atoms with Crippen molar-refractivity contribution in [1.82, 2.24) is 5.32 Å². The molecule has 0 aromatic carbocycles. The van der Waals surface area contributed by atoms with E-state index in [4.69, 9.17) is 0 Å². The Hall–Kier alpha value is -0.340. The van der Waals surface area contributed by atoms with Gasteiger partial charge in [0.1, 0.15) is 0 Å². The second kappa shape index (κ2) is 7.17. The van der Waals surface area contributed by atoms with E-state index in [2.05, 4.69) is 29.8 Å². The molecule has 1 heterocycles. The Morgan fingerprint density at radius 3 is 2.94 bits per heavy atom. The second-order valence-electron chi connectivity index (χ2n) is 5.22. The Kier molecular flexibility index (Phi) is 5.53. The zero-order chi connectivity index (χ0) is 11.9. The summed E-state index contributed by atoms with van der Waals surface area (Å²) in [5.74, 6) is 0.977. The van der Waals surface area contributed by atoms with E-state index < -0.39 is 0 Å². The summed E-state index contributed by atoms with van der Waals surface area (Å²) in [7, 11) is 0. The van der Waals surface area contributed by atoms with Gasteiger partial charge in [-0.2, -0.15) is 0 Å². The van der Waals surface area contributed by atoms with Gasteiger partial charge in [0, 0.05) is 10.9 Å². The second-order valence-corrected chi connectivity index (χ2v) is 6.26. The minimum Gasteiger partial charge on any atom is -0.314 e. The molecular weight excluding hydrogens is 226 g/mol. The van der Waals surface area contributed by atoms with Crippen molar-refractivity contribution in [3.8, 4) is 0 Å². The van der Waals surface area contributed by atoms with Crippen LogP contribution in [0.25, 0.3) is 0 Å². The van der Waals surface area contributed by atoms with Crippen LogP contribution in [0.1, 0.15) is 50.3 Å². The van der Waals surface area contributed by atoms with E-state index in [1.165, 1.54) is 51.5 Å². The highest BCUT2D eigenvalue weighted by atomic mass is 32.1. The van der Waals surface area contributed by atoms with Gasteiger partial charge in [-0.1, -0.05) is 19.4 Å². The van der Waals surface area contributed by atoms with Crippen LogP contribution in [0.4, 0.5) is 0 Å². The largest absolute Gasteiger partial charge is 0.314 e. The lowest BCUT2D eigenvalue weighted by Crippen LogP contribution is -2.39. The van der Waals surface area contributed by atoms with Crippen molar-refractivity contribution in [3.63, 3.8) is 0 Å². The van der Waals surface area contributed by atoms with Crippen LogP contribution in [-0.4, -0.2) is 12.6 Å². The summed E-state index contributed by atoms with van der Waals surface area (Å²) in [6.07, 6.45) is 9.62. The van der Waals surface area contributed by atoms with Gasteiger partial charge in [0.05, 0.1) is 0 Å². The van der Waals surface area contributed by atoms with Gasteiger partial charge in [0.2, 0.25) is 0 Å². The molecule has 1 aliphatic carbocycles. The van der Waals surface area contributed by atoms with Gasteiger partial charge in [-0.25, -0.2) is 0 Å². The Bertz CT molecular complexity index is 290. The minimum atomic E-state index is 0.795. The molecule has 1 saturated carbocycles. The Labute approximate surface area is 110 Å². The molecule has 1 nitrogen and oxygen atoms in total. The number of thiophene rings is 1. The molecule has 1 unspecified atom stereocenters. The van der Waals surface area contributed by atoms with E-state index in [-0.39, 0.29) is 0 Å². The molecule has 0 aliphatic heterocycles. The minimum absolute atomic E-state index is 0.795. The third-order valence-corrected chi connectivity index (χ3v) is 4.83. The summed E-state index contributed by atoms with van der Waals surface area (Å²) in [6.45, 7) is 3.46. The predicted molar refractivity (Wildman–Crippen MR) is 76.7 cm³/mol. The topological polar surface area (TPSA) is 12.0 Å². The highest BCUT2D eigenvalue weighted by Crippen LogP contribution is 2.31. The first kappa shape index (κ1) is 13.1. The summed E-state index contributed by atoms with van der Waals surface area (Å²) in [6, 6.07) is 5.23. The summed E-state index contributed by atoms with van der Waals surface area (Å²) in [5.41, 5.74) is 0. The predicted octanol–water partition coefficient (Wildman–Crippen LogP) is 4.24. The molecule has 1 N–H and O–H groups in total. The van der Waals surface area contributed by atoms with Gasteiger partial charge >= 0.3 is 0 Å². The highest BCUT2D eigenvalue weighted by molar-refractivity contribution is 7.09. The van der Waals surface area contributed by atoms with Crippen LogP contribution in [0.2, 0.25) is 0 Å². The van der Waals surface area contributed by atoms with Gasteiger partial charge in [-0.3, -0.25) is 0 Å². The zero-order valence-electron chi connectivity index (χ0n) is 11.0. The standard InChI is InChI=1S/C15H25NS/c1-2-11-16-15(13-6-3-7-13)10-4-8-14-9-5-12-17-14/h5,9,12-13,15-16H,2-4,6-8,10-11H2,1H3. The van der Waals surface area contributed by atoms with Crippen molar-refractivity contribution in [1.29, 1.82) is 0 Å². The zero-order valence-corrected chi connectivity index (χ0v) is 11.8. The maximum absolute atomic E-state index is 3.75. The van der Waals surface area contributed by atoms with Crippen LogP contribution in [0.15, 0.2) is 17.5 Å². The van der Waals surface area contributed by atoms with E-state index in [0.717, 1.165) is 12.0 Å². The van der Waals surface area contributed by atoms with Gasteiger partial charge in [0.25, 0.3) is 0 Å². The third kappa shape index (κ3) is 4.11. The molecule has 2 rings (SSSR count). The number of nitrogens with one attached hydrogen (secondary N) is 1. The van der Waals surface area contributed by atoms with Crippen LogP contribution in [0.5, 0.6) is 0 Å². The lowest BCUT2D eigenvalue weighted by Gasteiger charge is -2.34. The maximum Gasteiger partial charge on any atom is 0.00954 e. The SMILES string of the molecule is CCCNC(CCCc1cccs1)C1CCC1. The van der Waals surface area contributed by atoms with E-state index in [1.54, 1.807) is 4.88 Å². The van der Waals surface area contributed by atoms with Crippen molar-refractivity contribution in [2.45, 2.75) is 57.9 Å². The number of aryl methyl sites for hydroxylation is 1. The molecular formula is C15H25NS. The fourth-order valence-electron chi connectivity index (χ4n) is 2.63. The van der Waals surface area contributed by atoms with Gasteiger partial charge in [-0.05, 0) is 62.4 Å². The average Bonchev–Trinajstić information content (AvgIpc) is 2.76. The van der Waals surface area contributed by atoms with E-state index in [9.17, 15) is 0 Å². The summed E-state index contributed by atoms with van der Waals surface area (Å²) < 4.78 is 0. The van der Waals surface area contributed by atoms with E-state index in [0.29, 0.717) is 0 Å². The third-order valence-electron chi connectivity index (χ3n) is 3.89. The number of hydrogen-bond acceptors (Lipinski definition) is 2. The molecule has 0 spiro atoms. The van der Waals surface area contributed by atoms with Crippen molar-refractivity contribution < 1.29 is 0 Å². The van der Waals surface area contributed by atoms with E-state index in [1.807, 2.05) is 11.3 Å². The number of hydrogen-bond donors (Lipinski definition) is 1. The molecule has 2 heteroatoms. The monoisotopic (exact) mass is 251 g/mol. The molecule has 0 amide bonds. The van der Waals surface area contributed by atoms with Crippen LogP contribution in [0.3, 0.4) is 0 Å². The quantitative estimate of drug-likeness (QED) is 0.728. The van der Waals surface area contributed by atoms with E-state index >= 15 is 0 Å². The van der Waals surface area contributed by atoms with Crippen molar-refractivity contribution in [2.24, 2.45) is 5.92 Å². The first-order valence-electron chi connectivity index (χ1n) is 7.16. The molecule has 1 atom stereocenters. The van der Waals surface area contributed by atoms with Crippen molar-refractivity contribution >= 4 is 11.3 Å². The molecule has 0 radical (unpaired) electrons. The summed E-state index contributed by atoms with van der Waals surface area (Å²) in [5, 5.41) is 5.94. The van der Waals surface area contributed by atoms with Crippen LogP contribution in [0, 0.1) is 5.92 Å². The van der Waals surface area contributed by atoms with Crippen molar-refractivity contribution in [3.05, 3.63) is 22.4 Å². The summed E-state index contributed by atoms with van der Waals surface area (Å²) in [4.78, 5) is 1.55. The van der Waals surface area contributed by atoms with Gasteiger partial charge < -0.3 is 5.32 Å². The molecule has 1 aromatic rings. The molecule has 1 aliphatic rings. The first-order chi connectivity index (χ1) is 8.40. The normalized spacial score (nSPS) is 17.9. The Morgan fingerprint density at radius 1 is 1.47 bits per heavy atom. The van der Waals surface area contributed by atoms with Crippen LogP contribution < -0.4 is 5.32 Å². The van der Waals surface area contributed by atoms with Crippen LogP contribution >= 0.6 is 11.3 Å². The molecule has 1 fully saturated rings. The lowest BCUT2D eigenvalue weighted by atomic mass is 9.78. The highest BCUT2D eigenvalue weighted by Gasteiger charge is 2.26. The molecule has 96 valence electrons. The average molecular weight is 251 g/mol. The van der Waals surface area contributed by atoms with Crippen LogP contribution in [-0.2, 0) is 6.42 Å². The smallest absolute Gasteiger partial charge is 0.00954 e. The fourth-order valence-corrected chi connectivity index (χ4v) is 3.38. The Balaban J connectivity index is 1.68.